The van der Waals surface area contributed by atoms with Gasteiger partial charge >= 0.3 is 0 Å². The standard InChI is InChI=1S/C13H14BrClN2S/c1-8-6-9(15)2-4-11(8)12(17-16)7-10-3-5-13(14)18-10/h2-6,12,17H,7,16H2,1H3. The first-order valence-electron chi connectivity index (χ1n) is 5.56. The maximum absolute atomic E-state index is 5.97. The van der Waals surface area contributed by atoms with E-state index >= 15 is 0 Å². The van der Waals surface area contributed by atoms with E-state index in [2.05, 4.69) is 40.4 Å². The van der Waals surface area contributed by atoms with Gasteiger partial charge in [-0.1, -0.05) is 17.7 Å². The molecule has 0 saturated carbocycles. The topological polar surface area (TPSA) is 38.0 Å². The third-order valence-corrected chi connectivity index (χ3v) is 4.72. The lowest BCUT2D eigenvalue weighted by Crippen LogP contribution is -2.29. The van der Waals surface area contributed by atoms with E-state index in [1.807, 2.05) is 18.2 Å². The molecule has 0 spiro atoms. The molecule has 1 heterocycles. The van der Waals surface area contributed by atoms with Gasteiger partial charge in [-0.3, -0.25) is 11.3 Å². The number of aryl methyl sites for hydroxylation is 1. The second kappa shape index (κ2) is 6.17. The molecule has 0 aliphatic heterocycles. The average molecular weight is 346 g/mol. The van der Waals surface area contributed by atoms with Crippen LogP contribution in [-0.4, -0.2) is 0 Å². The minimum atomic E-state index is 0.104. The molecule has 0 amide bonds. The zero-order chi connectivity index (χ0) is 13.1. The lowest BCUT2D eigenvalue weighted by molar-refractivity contribution is 0.553. The molecule has 1 aromatic heterocycles. The monoisotopic (exact) mass is 344 g/mol. The molecule has 0 saturated heterocycles. The van der Waals surface area contributed by atoms with Gasteiger partial charge in [-0.15, -0.1) is 11.3 Å². The van der Waals surface area contributed by atoms with E-state index in [0.717, 1.165) is 20.8 Å². The molecular weight excluding hydrogens is 332 g/mol. The number of thiophene rings is 1. The van der Waals surface area contributed by atoms with E-state index in [0.29, 0.717) is 0 Å². The Balaban J connectivity index is 2.22. The second-order valence-corrected chi connectivity index (χ2v) is 7.11. The Morgan fingerprint density at radius 2 is 2.17 bits per heavy atom. The summed E-state index contributed by atoms with van der Waals surface area (Å²) in [5.74, 6) is 5.68. The highest BCUT2D eigenvalue weighted by Crippen LogP contribution is 2.28. The summed E-state index contributed by atoms with van der Waals surface area (Å²) in [4.78, 5) is 1.29. The van der Waals surface area contributed by atoms with Crippen LogP contribution in [0.2, 0.25) is 5.02 Å². The van der Waals surface area contributed by atoms with Crippen LogP contribution >= 0.6 is 38.9 Å². The Morgan fingerprint density at radius 3 is 2.72 bits per heavy atom. The minimum Gasteiger partial charge on any atom is -0.271 e. The Hall–Kier alpha value is -0.390. The lowest BCUT2D eigenvalue weighted by Gasteiger charge is -2.18. The number of hydrogen-bond donors (Lipinski definition) is 2. The van der Waals surface area contributed by atoms with Crippen molar-refractivity contribution >= 4 is 38.9 Å². The number of nitrogens with one attached hydrogen (secondary N) is 1. The van der Waals surface area contributed by atoms with Crippen LogP contribution < -0.4 is 11.3 Å². The Morgan fingerprint density at radius 1 is 1.39 bits per heavy atom. The quantitative estimate of drug-likeness (QED) is 0.643. The number of rotatable bonds is 4. The Labute approximate surface area is 124 Å². The Bertz CT molecular complexity index is 542. The van der Waals surface area contributed by atoms with Crippen LogP contribution in [0.3, 0.4) is 0 Å². The van der Waals surface area contributed by atoms with Crippen LogP contribution in [-0.2, 0) is 6.42 Å². The molecule has 3 N–H and O–H groups in total. The molecule has 0 bridgehead atoms. The first-order valence-corrected chi connectivity index (χ1v) is 7.55. The molecule has 1 unspecified atom stereocenters. The van der Waals surface area contributed by atoms with E-state index in [1.54, 1.807) is 11.3 Å². The fourth-order valence-corrected chi connectivity index (χ4v) is 3.71. The van der Waals surface area contributed by atoms with Crippen molar-refractivity contribution in [2.24, 2.45) is 5.84 Å². The lowest BCUT2D eigenvalue weighted by atomic mass is 9.99. The van der Waals surface area contributed by atoms with Crippen LogP contribution in [0.15, 0.2) is 34.1 Å². The third-order valence-electron chi connectivity index (χ3n) is 2.84. The third kappa shape index (κ3) is 3.33. The van der Waals surface area contributed by atoms with Gasteiger partial charge in [0.15, 0.2) is 0 Å². The summed E-state index contributed by atoms with van der Waals surface area (Å²) in [6.07, 6.45) is 0.870. The van der Waals surface area contributed by atoms with Crippen molar-refractivity contribution in [1.29, 1.82) is 0 Å². The van der Waals surface area contributed by atoms with E-state index in [9.17, 15) is 0 Å². The molecule has 0 fully saturated rings. The molecule has 5 heteroatoms. The molecule has 1 atom stereocenters. The maximum atomic E-state index is 5.97. The molecule has 18 heavy (non-hydrogen) atoms. The fraction of sp³-hybridized carbons (Fsp3) is 0.231. The first kappa shape index (κ1) is 14.0. The largest absolute Gasteiger partial charge is 0.271 e. The first-order chi connectivity index (χ1) is 8.60. The highest BCUT2D eigenvalue weighted by Gasteiger charge is 2.14. The molecule has 96 valence electrons. The summed E-state index contributed by atoms with van der Waals surface area (Å²) in [5.41, 5.74) is 5.22. The zero-order valence-corrected chi connectivity index (χ0v) is 13.1. The highest BCUT2D eigenvalue weighted by atomic mass is 79.9. The Kier molecular flexibility index (Phi) is 4.81. The number of hydrazine groups is 1. The van der Waals surface area contributed by atoms with Gasteiger partial charge in [0.25, 0.3) is 0 Å². The van der Waals surface area contributed by atoms with E-state index in [1.165, 1.54) is 10.4 Å². The van der Waals surface area contributed by atoms with Crippen molar-refractivity contribution in [2.75, 3.05) is 0 Å². The molecule has 0 radical (unpaired) electrons. The van der Waals surface area contributed by atoms with Crippen LogP contribution in [0.25, 0.3) is 0 Å². The van der Waals surface area contributed by atoms with Gasteiger partial charge in [0.2, 0.25) is 0 Å². The van der Waals surface area contributed by atoms with Crippen molar-refractivity contribution in [3.63, 3.8) is 0 Å². The van der Waals surface area contributed by atoms with Crippen molar-refractivity contribution in [3.05, 3.63) is 55.1 Å². The van der Waals surface area contributed by atoms with Crippen molar-refractivity contribution in [1.82, 2.24) is 5.43 Å². The number of benzene rings is 1. The molecule has 2 rings (SSSR count). The summed E-state index contributed by atoms with van der Waals surface area (Å²) in [7, 11) is 0. The van der Waals surface area contributed by atoms with Gasteiger partial charge < -0.3 is 0 Å². The van der Waals surface area contributed by atoms with Gasteiger partial charge in [0, 0.05) is 16.3 Å². The van der Waals surface area contributed by atoms with Crippen molar-refractivity contribution < 1.29 is 0 Å². The smallest absolute Gasteiger partial charge is 0.0701 e. The molecule has 2 aromatic rings. The predicted molar refractivity (Wildman–Crippen MR) is 82.0 cm³/mol. The average Bonchev–Trinajstić information content (AvgIpc) is 2.72. The van der Waals surface area contributed by atoms with Gasteiger partial charge in [-0.2, -0.15) is 0 Å². The van der Waals surface area contributed by atoms with Crippen LogP contribution in [0.1, 0.15) is 22.0 Å². The summed E-state index contributed by atoms with van der Waals surface area (Å²) >= 11 is 11.2. The van der Waals surface area contributed by atoms with Crippen molar-refractivity contribution in [2.45, 2.75) is 19.4 Å². The van der Waals surface area contributed by atoms with Crippen LogP contribution in [0, 0.1) is 6.92 Å². The number of nitrogens with two attached hydrogens (primary N) is 1. The van der Waals surface area contributed by atoms with Gasteiger partial charge in [0.05, 0.1) is 9.83 Å². The van der Waals surface area contributed by atoms with Crippen LogP contribution in [0.4, 0.5) is 0 Å². The summed E-state index contributed by atoms with van der Waals surface area (Å²) < 4.78 is 1.14. The predicted octanol–water partition coefficient (Wildman–Crippen LogP) is 4.22. The molecule has 2 nitrogen and oxygen atoms in total. The zero-order valence-electron chi connectivity index (χ0n) is 9.91. The molecule has 1 aromatic carbocycles. The van der Waals surface area contributed by atoms with E-state index < -0.39 is 0 Å². The molecule has 0 aliphatic carbocycles. The van der Waals surface area contributed by atoms with E-state index in [4.69, 9.17) is 17.4 Å². The van der Waals surface area contributed by atoms with Gasteiger partial charge in [-0.25, -0.2) is 0 Å². The summed E-state index contributed by atoms with van der Waals surface area (Å²) in [6.45, 7) is 2.05. The van der Waals surface area contributed by atoms with Gasteiger partial charge in [-0.05, 0) is 58.2 Å². The summed E-state index contributed by atoms with van der Waals surface area (Å²) in [6, 6.07) is 10.2. The highest BCUT2D eigenvalue weighted by molar-refractivity contribution is 9.11. The fourth-order valence-electron chi connectivity index (χ4n) is 1.95. The molecule has 0 aliphatic rings. The SMILES string of the molecule is Cc1cc(Cl)ccc1C(Cc1ccc(Br)s1)NN. The van der Waals surface area contributed by atoms with Crippen molar-refractivity contribution in [3.8, 4) is 0 Å². The summed E-state index contributed by atoms with van der Waals surface area (Å²) in [5, 5.41) is 0.755. The number of halogens is 2. The number of hydrogen-bond acceptors (Lipinski definition) is 3. The molecular formula is C13H14BrClN2S. The maximum Gasteiger partial charge on any atom is 0.0701 e. The van der Waals surface area contributed by atoms with Crippen LogP contribution in [0.5, 0.6) is 0 Å². The van der Waals surface area contributed by atoms with Gasteiger partial charge in [0.1, 0.15) is 0 Å². The van der Waals surface area contributed by atoms with E-state index in [-0.39, 0.29) is 6.04 Å². The minimum absolute atomic E-state index is 0.104. The normalized spacial score (nSPS) is 12.7. The second-order valence-electron chi connectivity index (χ2n) is 4.13.